The highest BCUT2D eigenvalue weighted by Crippen LogP contribution is 2.33. The summed E-state index contributed by atoms with van der Waals surface area (Å²) in [6.07, 6.45) is 0. The van der Waals surface area contributed by atoms with Crippen LogP contribution < -0.4 is 5.73 Å². The summed E-state index contributed by atoms with van der Waals surface area (Å²) < 4.78 is 13.4. The molecule has 0 fully saturated rings. The van der Waals surface area contributed by atoms with Crippen molar-refractivity contribution in [3.8, 4) is 0 Å². The summed E-state index contributed by atoms with van der Waals surface area (Å²) in [5.41, 5.74) is 9.10. The molecule has 22 heavy (non-hydrogen) atoms. The SMILES string of the molecule is CC(C)(C)[S@@](=O)CC(c1ccccc1)c1cc(Br)ccc1N. The Labute approximate surface area is 143 Å². The zero-order chi connectivity index (χ0) is 16.3. The minimum absolute atomic E-state index is 0.0266. The van der Waals surface area contributed by atoms with E-state index in [9.17, 15) is 4.21 Å². The maximum atomic E-state index is 12.7. The summed E-state index contributed by atoms with van der Waals surface area (Å²) in [4.78, 5) is 0. The van der Waals surface area contributed by atoms with Crippen LogP contribution in [-0.4, -0.2) is 14.7 Å². The van der Waals surface area contributed by atoms with Gasteiger partial charge in [-0.3, -0.25) is 4.21 Å². The van der Waals surface area contributed by atoms with Gasteiger partial charge in [-0.15, -0.1) is 0 Å². The van der Waals surface area contributed by atoms with Crippen LogP contribution in [0.4, 0.5) is 5.69 Å². The topological polar surface area (TPSA) is 43.1 Å². The average molecular weight is 380 g/mol. The van der Waals surface area contributed by atoms with Crippen LogP contribution >= 0.6 is 15.9 Å². The summed E-state index contributed by atoms with van der Waals surface area (Å²) in [6, 6.07) is 16.0. The third-order valence-corrected chi connectivity index (χ3v) is 6.12. The van der Waals surface area contributed by atoms with Crippen molar-refractivity contribution < 1.29 is 4.21 Å². The van der Waals surface area contributed by atoms with Gasteiger partial charge in [-0.25, -0.2) is 0 Å². The molecule has 4 heteroatoms. The Balaban J connectivity index is 2.47. The van der Waals surface area contributed by atoms with Gasteiger partial charge in [-0.05, 0) is 50.1 Å². The van der Waals surface area contributed by atoms with Crippen molar-refractivity contribution in [2.24, 2.45) is 0 Å². The lowest BCUT2D eigenvalue weighted by molar-refractivity contribution is 0.644. The van der Waals surface area contributed by atoms with Crippen LogP contribution in [0.1, 0.15) is 37.8 Å². The maximum absolute atomic E-state index is 12.7. The fraction of sp³-hybridized carbons (Fsp3) is 0.333. The van der Waals surface area contributed by atoms with E-state index in [1.54, 1.807) is 0 Å². The lowest BCUT2D eigenvalue weighted by Crippen LogP contribution is -2.27. The summed E-state index contributed by atoms with van der Waals surface area (Å²) in [6.45, 7) is 6.03. The Hall–Kier alpha value is -1.13. The molecule has 0 radical (unpaired) electrons. The zero-order valence-electron chi connectivity index (χ0n) is 13.2. The molecule has 2 atom stereocenters. The van der Waals surface area contributed by atoms with Crippen LogP contribution in [0, 0.1) is 0 Å². The molecule has 0 aliphatic rings. The Morgan fingerprint density at radius 3 is 2.36 bits per heavy atom. The summed E-state index contributed by atoms with van der Waals surface area (Å²) in [7, 11) is -0.954. The standard InChI is InChI=1S/C18H22BrNOS/c1-18(2,3)22(21)12-16(13-7-5-4-6-8-13)15-11-14(19)9-10-17(15)20/h4-11,16H,12,20H2,1-3H3/t16?,22-/m0/s1. The van der Waals surface area contributed by atoms with Crippen molar-refractivity contribution >= 4 is 32.4 Å². The van der Waals surface area contributed by atoms with E-state index in [4.69, 9.17) is 5.73 Å². The summed E-state index contributed by atoms with van der Waals surface area (Å²) >= 11 is 3.51. The molecule has 2 aromatic rings. The summed E-state index contributed by atoms with van der Waals surface area (Å²) in [5, 5.41) is 0. The highest BCUT2D eigenvalue weighted by Gasteiger charge is 2.26. The van der Waals surface area contributed by atoms with E-state index in [1.165, 1.54) is 0 Å². The fourth-order valence-corrected chi connectivity index (χ4v) is 3.85. The highest BCUT2D eigenvalue weighted by molar-refractivity contribution is 9.10. The summed E-state index contributed by atoms with van der Waals surface area (Å²) in [5.74, 6) is 0.590. The number of benzene rings is 2. The minimum atomic E-state index is -0.954. The molecule has 118 valence electrons. The molecule has 2 N–H and O–H groups in total. The van der Waals surface area contributed by atoms with Gasteiger partial charge in [0.1, 0.15) is 0 Å². The third kappa shape index (κ3) is 4.20. The van der Waals surface area contributed by atoms with E-state index in [2.05, 4.69) is 28.1 Å². The molecule has 0 saturated heterocycles. The molecule has 0 bridgehead atoms. The van der Waals surface area contributed by atoms with Crippen molar-refractivity contribution in [1.29, 1.82) is 0 Å². The van der Waals surface area contributed by atoms with Gasteiger partial charge >= 0.3 is 0 Å². The van der Waals surface area contributed by atoms with E-state index in [0.717, 1.165) is 21.3 Å². The molecule has 0 heterocycles. The van der Waals surface area contributed by atoms with Gasteiger partial charge in [0.2, 0.25) is 0 Å². The number of nitrogens with two attached hydrogens (primary N) is 1. The number of nitrogen functional groups attached to an aromatic ring is 1. The molecule has 2 rings (SSSR count). The number of hydrogen-bond donors (Lipinski definition) is 1. The first-order valence-electron chi connectivity index (χ1n) is 7.27. The molecular weight excluding hydrogens is 358 g/mol. The molecule has 0 aliphatic heterocycles. The monoisotopic (exact) mass is 379 g/mol. The van der Waals surface area contributed by atoms with E-state index in [0.29, 0.717) is 5.75 Å². The molecule has 0 aromatic heterocycles. The molecule has 1 unspecified atom stereocenters. The zero-order valence-corrected chi connectivity index (χ0v) is 15.6. The van der Waals surface area contributed by atoms with Crippen LogP contribution in [0.5, 0.6) is 0 Å². The molecule has 0 spiro atoms. The van der Waals surface area contributed by atoms with Crippen molar-refractivity contribution in [1.82, 2.24) is 0 Å². The van der Waals surface area contributed by atoms with E-state index in [-0.39, 0.29) is 10.7 Å². The predicted octanol–water partition coefficient (Wildman–Crippen LogP) is 4.71. The Morgan fingerprint density at radius 1 is 1.14 bits per heavy atom. The van der Waals surface area contributed by atoms with Crippen LogP contribution in [0.2, 0.25) is 0 Å². The van der Waals surface area contributed by atoms with Crippen LogP contribution in [0.25, 0.3) is 0 Å². The van der Waals surface area contributed by atoms with Gasteiger partial charge < -0.3 is 5.73 Å². The first kappa shape index (κ1) is 17.2. The van der Waals surface area contributed by atoms with Crippen molar-refractivity contribution in [2.45, 2.75) is 31.4 Å². The molecular formula is C18H22BrNOS. The Kier molecular flexibility index (Phi) is 5.45. The predicted molar refractivity (Wildman–Crippen MR) is 99.6 cm³/mol. The number of halogens is 1. The molecule has 2 aromatic carbocycles. The van der Waals surface area contributed by atoms with Gasteiger partial charge in [-0.1, -0.05) is 46.3 Å². The lowest BCUT2D eigenvalue weighted by atomic mass is 9.92. The van der Waals surface area contributed by atoms with E-state index in [1.807, 2.05) is 57.2 Å². The first-order valence-corrected chi connectivity index (χ1v) is 9.38. The quantitative estimate of drug-likeness (QED) is 0.781. The van der Waals surface area contributed by atoms with Crippen LogP contribution in [-0.2, 0) is 10.8 Å². The number of rotatable bonds is 4. The molecule has 0 saturated carbocycles. The smallest absolute Gasteiger partial charge is 0.0375 e. The maximum Gasteiger partial charge on any atom is 0.0375 e. The Bertz CT molecular complexity index is 665. The third-order valence-electron chi connectivity index (χ3n) is 3.63. The largest absolute Gasteiger partial charge is 0.398 e. The molecule has 0 aliphatic carbocycles. The Morgan fingerprint density at radius 2 is 1.77 bits per heavy atom. The number of hydrogen-bond acceptors (Lipinski definition) is 2. The fourth-order valence-electron chi connectivity index (χ4n) is 2.30. The van der Waals surface area contributed by atoms with Crippen molar-refractivity contribution in [3.63, 3.8) is 0 Å². The average Bonchev–Trinajstić information content (AvgIpc) is 2.47. The van der Waals surface area contributed by atoms with Gasteiger partial charge in [-0.2, -0.15) is 0 Å². The normalized spacial score (nSPS) is 14.5. The second-order valence-corrected chi connectivity index (χ2v) is 9.53. The second kappa shape index (κ2) is 6.97. The van der Waals surface area contributed by atoms with Crippen molar-refractivity contribution in [3.05, 3.63) is 64.1 Å². The molecule has 0 amide bonds. The van der Waals surface area contributed by atoms with Gasteiger partial charge in [0.05, 0.1) is 0 Å². The van der Waals surface area contributed by atoms with Crippen molar-refractivity contribution in [2.75, 3.05) is 11.5 Å². The van der Waals surface area contributed by atoms with Crippen LogP contribution in [0.3, 0.4) is 0 Å². The minimum Gasteiger partial charge on any atom is -0.398 e. The first-order chi connectivity index (χ1) is 10.3. The lowest BCUT2D eigenvalue weighted by Gasteiger charge is -2.25. The van der Waals surface area contributed by atoms with Gasteiger partial charge in [0.15, 0.2) is 0 Å². The van der Waals surface area contributed by atoms with Gasteiger partial charge in [0.25, 0.3) is 0 Å². The number of anilines is 1. The van der Waals surface area contributed by atoms with Gasteiger partial charge in [0, 0.05) is 37.4 Å². The van der Waals surface area contributed by atoms with Crippen LogP contribution in [0.15, 0.2) is 53.0 Å². The van der Waals surface area contributed by atoms with E-state index < -0.39 is 10.8 Å². The second-order valence-electron chi connectivity index (χ2n) is 6.36. The highest BCUT2D eigenvalue weighted by atomic mass is 79.9. The molecule has 2 nitrogen and oxygen atoms in total. The van der Waals surface area contributed by atoms with E-state index >= 15 is 0 Å².